The molecule has 0 saturated carbocycles. The number of hydroxylamine groups is 6. The Hall–Kier alpha value is -5.11. The minimum atomic E-state index is -4.62. The summed E-state index contributed by atoms with van der Waals surface area (Å²) in [6.07, 6.45) is 5.22. The molecule has 0 radical (unpaired) electrons. The molecule has 0 aliphatic carbocycles. The first kappa shape index (κ1) is 49.0. The van der Waals surface area contributed by atoms with Crippen molar-refractivity contribution in [3.05, 3.63) is 71.8 Å². The van der Waals surface area contributed by atoms with Gasteiger partial charge in [0, 0.05) is 32.2 Å². The summed E-state index contributed by atoms with van der Waals surface area (Å²) in [6, 6.07) is 18.5. The van der Waals surface area contributed by atoms with Gasteiger partial charge in [0.05, 0.1) is 18.1 Å². The molecule has 2 aromatic carbocycles. The van der Waals surface area contributed by atoms with Gasteiger partial charge in [0.2, 0.25) is 5.91 Å². The van der Waals surface area contributed by atoms with Gasteiger partial charge in [0.1, 0.15) is 19.3 Å². The largest absolute Gasteiger partial charge is 0.418 e. The van der Waals surface area contributed by atoms with Gasteiger partial charge in [-0.2, -0.15) is 33.2 Å². The molecule has 6 aliphatic rings. The first-order chi connectivity index (χ1) is 26.3. The van der Waals surface area contributed by atoms with E-state index in [1.807, 2.05) is 72.5 Å². The van der Waals surface area contributed by atoms with E-state index in [4.69, 9.17) is 29.6 Å². The molecule has 6 aliphatic heterocycles. The number of carbonyl (C=O) groups excluding carboxylic acids is 6. The van der Waals surface area contributed by atoms with Crippen LogP contribution in [0.25, 0.3) is 0 Å². The molecule has 8 rings (SSSR count). The highest BCUT2D eigenvalue weighted by atomic mass is 32.3. The average molecular weight is 836 g/mol. The van der Waals surface area contributed by atoms with Crippen LogP contribution in [0, 0.1) is 0 Å². The van der Waals surface area contributed by atoms with Crippen molar-refractivity contribution in [1.29, 1.82) is 0 Å². The smallest absolute Gasteiger partial charge is 0.368 e. The highest BCUT2D eigenvalue weighted by Gasteiger charge is 2.48. The molecule has 0 unspecified atom stereocenters. The molecule has 6 saturated heterocycles. The van der Waals surface area contributed by atoms with Gasteiger partial charge in [-0.15, -0.1) is 4.28 Å². The Labute approximate surface area is 340 Å². The van der Waals surface area contributed by atoms with Crippen molar-refractivity contribution in [2.75, 3.05) is 26.2 Å². The number of benzene rings is 2. The molecule has 20 heteroatoms. The monoisotopic (exact) mass is 835 g/mol. The SMILES string of the molecule is C.C.C.C[C@@H]1CC[C@@H]2CN1C(=O)N2OS(=O)(=O)O.NC(=O)[C@@H]1CC[C@@H]2CN1C(=O)N2OCc1ccccc1.O=C1N2CCC[C@H](C2)N1OCc1ccccc1.O=C=O. The second kappa shape index (κ2) is 22.2. The third-order valence-electron chi connectivity index (χ3n) is 10.1. The zero-order valence-corrected chi connectivity index (χ0v) is 31.1. The van der Waals surface area contributed by atoms with Crippen LogP contribution < -0.4 is 5.73 Å². The van der Waals surface area contributed by atoms with E-state index in [1.54, 1.807) is 9.96 Å². The second-order valence-electron chi connectivity index (χ2n) is 13.7. The minimum absolute atomic E-state index is 0. The van der Waals surface area contributed by atoms with Crippen LogP contribution in [0.4, 0.5) is 14.4 Å². The topological polar surface area (TPSA) is 230 Å². The lowest BCUT2D eigenvalue weighted by Gasteiger charge is -2.27. The number of amides is 7. The van der Waals surface area contributed by atoms with E-state index in [2.05, 4.69) is 4.28 Å². The number of hydrogen-bond donors (Lipinski definition) is 2. The number of hydrogen-bond acceptors (Lipinski definition) is 11. The van der Waals surface area contributed by atoms with Gasteiger partial charge in [-0.3, -0.25) is 19.0 Å². The van der Waals surface area contributed by atoms with Crippen LogP contribution in [0.1, 0.15) is 78.9 Å². The van der Waals surface area contributed by atoms with Gasteiger partial charge >= 0.3 is 34.6 Å². The lowest BCUT2D eigenvalue weighted by atomic mass is 10.0. The van der Waals surface area contributed by atoms with Crippen LogP contribution in [0.5, 0.6) is 0 Å². The fourth-order valence-electron chi connectivity index (χ4n) is 7.33. The van der Waals surface area contributed by atoms with Crippen LogP contribution in [-0.2, 0) is 52.0 Å². The van der Waals surface area contributed by atoms with Crippen LogP contribution in [0.2, 0.25) is 0 Å². The van der Waals surface area contributed by atoms with Gasteiger partial charge in [0.25, 0.3) is 0 Å². The highest BCUT2D eigenvalue weighted by Crippen LogP contribution is 2.31. The predicted molar refractivity (Wildman–Crippen MR) is 208 cm³/mol. The number of carbonyl (C=O) groups is 4. The fourth-order valence-corrected chi connectivity index (χ4v) is 7.72. The van der Waals surface area contributed by atoms with Crippen molar-refractivity contribution in [3.8, 4) is 0 Å². The van der Waals surface area contributed by atoms with Gasteiger partial charge in [-0.1, -0.05) is 82.9 Å². The van der Waals surface area contributed by atoms with Gasteiger partial charge in [-0.25, -0.2) is 14.4 Å². The normalized spacial score (nSPS) is 23.7. The Kier molecular flexibility index (Phi) is 18.7. The van der Waals surface area contributed by atoms with E-state index >= 15 is 0 Å². The maximum absolute atomic E-state index is 12.2. The lowest BCUT2D eigenvalue weighted by Crippen LogP contribution is -2.47. The van der Waals surface area contributed by atoms with Crippen LogP contribution >= 0.6 is 0 Å². The number of piperidine rings is 3. The molecule has 19 nitrogen and oxygen atoms in total. The fraction of sp³-hybridized carbons (Fsp3) is 0.553. The van der Waals surface area contributed by atoms with E-state index in [-0.39, 0.29) is 64.7 Å². The Morgan fingerprint density at radius 3 is 1.69 bits per heavy atom. The van der Waals surface area contributed by atoms with Crippen molar-refractivity contribution in [2.24, 2.45) is 5.73 Å². The molecule has 6 bridgehead atoms. The molecule has 0 aromatic heterocycles. The molecule has 58 heavy (non-hydrogen) atoms. The molecular formula is C38H57N7O12S. The number of fused-ring (bicyclic) bond motifs is 6. The Balaban J connectivity index is 0.000000285. The number of rotatable bonds is 9. The average Bonchev–Trinajstić information content (AvgIpc) is 3.65. The maximum atomic E-state index is 12.2. The third-order valence-corrected chi connectivity index (χ3v) is 10.4. The molecule has 6 heterocycles. The summed E-state index contributed by atoms with van der Waals surface area (Å²) >= 11 is 0. The predicted octanol–water partition coefficient (Wildman–Crippen LogP) is 4.22. The molecule has 322 valence electrons. The number of primary amides is 1. The second-order valence-corrected chi connectivity index (χ2v) is 14.7. The van der Waals surface area contributed by atoms with E-state index in [9.17, 15) is 27.6 Å². The first-order valence-corrected chi connectivity index (χ1v) is 19.2. The van der Waals surface area contributed by atoms with Crippen LogP contribution in [-0.4, -0.2) is 129 Å². The van der Waals surface area contributed by atoms with E-state index in [0.29, 0.717) is 39.1 Å². The summed E-state index contributed by atoms with van der Waals surface area (Å²) in [5, 5.41) is 3.72. The van der Waals surface area contributed by atoms with Gasteiger partial charge in [-0.05, 0) is 56.6 Å². The molecule has 6 fully saturated rings. The van der Waals surface area contributed by atoms with Crippen molar-refractivity contribution < 1.29 is 55.7 Å². The molecule has 3 N–H and O–H groups in total. The van der Waals surface area contributed by atoms with Gasteiger partial charge < -0.3 is 20.4 Å². The van der Waals surface area contributed by atoms with Crippen LogP contribution in [0.3, 0.4) is 0 Å². The zero-order chi connectivity index (χ0) is 39.7. The Bertz CT molecular complexity index is 1800. The van der Waals surface area contributed by atoms with Crippen LogP contribution in [0.15, 0.2) is 60.7 Å². The Morgan fingerprint density at radius 2 is 1.19 bits per heavy atom. The molecule has 0 spiro atoms. The van der Waals surface area contributed by atoms with Crippen molar-refractivity contribution in [2.45, 2.75) is 111 Å². The summed E-state index contributed by atoms with van der Waals surface area (Å²) in [7, 11) is -4.62. The van der Waals surface area contributed by atoms with Crippen molar-refractivity contribution >= 4 is 40.6 Å². The molecular weight excluding hydrogens is 779 g/mol. The quantitative estimate of drug-likeness (QED) is 0.338. The number of nitrogens with zero attached hydrogens (tertiary/aromatic N) is 6. The maximum Gasteiger partial charge on any atom is 0.418 e. The van der Waals surface area contributed by atoms with Crippen molar-refractivity contribution in [1.82, 2.24) is 29.9 Å². The standard InChI is InChI=1S/C14H17N3O3.C13H16N2O2.C7H12N2O5S.CO2.3CH4/c15-13(18)12-7-6-11-8-16(12)14(19)17(11)20-9-10-4-2-1-3-5-10;16-13-14-8-4-7-12(9-14)15(13)17-10-11-5-2-1-3-6-11;1-5-2-3-6-4-8(5)7(10)9(6)14-15(11,12)13;2-1-3;;;/h1-5,11-12H,6-9H2,(H2,15,18);1-3,5-6,12H,4,7-10H2;5-6H,2-4H2,1H3,(H,11,12,13);;3*1H4/t11-,12+;12-;5-,6-;;;;/m111..../s1. The summed E-state index contributed by atoms with van der Waals surface area (Å²) in [4.78, 5) is 79.6. The first-order valence-electron chi connectivity index (χ1n) is 17.9. The lowest BCUT2D eigenvalue weighted by molar-refractivity contribution is -0.191. The molecule has 5 atom stereocenters. The van der Waals surface area contributed by atoms with E-state index in [1.165, 1.54) is 9.96 Å². The van der Waals surface area contributed by atoms with E-state index in [0.717, 1.165) is 55.0 Å². The van der Waals surface area contributed by atoms with Gasteiger partial charge in [0.15, 0.2) is 0 Å². The summed E-state index contributed by atoms with van der Waals surface area (Å²) in [6.45, 7) is 5.38. The number of urea groups is 3. The van der Waals surface area contributed by atoms with E-state index < -0.39 is 28.4 Å². The molecule has 2 aromatic rings. The summed E-state index contributed by atoms with van der Waals surface area (Å²) in [5.74, 6) is -0.443. The summed E-state index contributed by atoms with van der Waals surface area (Å²) < 4.78 is 33.8. The minimum Gasteiger partial charge on any atom is -0.368 e. The number of nitrogens with two attached hydrogens (primary N) is 1. The highest BCUT2D eigenvalue weighted by molar-refractivity contribution is 7.80. The third kappa shape index (κ3) is 12.2. The Morgan fingerprint density at radius 1 is 0.724 bits per heavy atom. The zero-order valence-electron chi connectivity index (χ0n) is 30.3. The molecule has 7 amide bonds. The van der Waals surface area contributed by atoms with Crippen molar-refractivity contribution in [3.63, 3.8) is 0 Å². The summed E-state index contributed by atoms with van der Waals surface area (Å²) in [5.41, 5.74) is 7.43.